The molecule has 3 nitrogen and oxygen atoms in total. The number of carboxylic acid groups (broad SMARTS) is 1. The fourth-order valence-corrected chi connectivity index (χ4v) is 1.29. The van der Waals surface area contributed by atoms with E-state index in [9.17, 15) is 4.79 Å². The van der Waals surface area contributed by atoms with E-state index in [0.717, 1.165) is 12.0 Å². The largest absolute Gasteiger partial charge is 0.480 e. The summed E-state index contributed by atoms with van der Waals surface area (Å²) in [4.78, 5) is 12.1. The lowest BCUT2D eigenvalue weighted by molar-refractivity contribution is -0.137. The lowest BCUT2D eigenvalue weighted by Gasteiger charge is -2.10. The predicted octanol–water partition coefficient (Wildman–Crippen LogP) is 2.16. The normalized spacial score (nSPS) is 11.5. The van der Waals surface area contributed by atoms with Gasteiger partial charge in [-0.25, -0.2) is 0 Å². The molecule has 0 atom stereocenters. The van der Waals surface area contributed by atoms with E-state index in [1.165, 1.54) is 0 Å². The van der Waals surface area contributed by atoms with E-state index in [1.807, 2.05) is 12.2 Å². The first kappa shape index (κ1) is 13.9. The van der Waals surface area contributed by atoms with E-state index < -0.39 is 5.97 Å². The number of hydrogen-bond donors (Lipinski definition) is 1. The van der Waals surface area contributed by atoms with Crippen LogP contribution in [0, 0.1) is 5.92 Å². The number of aliphatic carboxylic acids is 1. The molecule has 3 heteroatoms. The summed E-state index contributed by atoms with van der Waals surface area (Å²) in [6, 6.07) is 0. The fourth-order valence-electron chi connectivity index (χ4n) is 1.29. The smallest absolute Gasteiger partial charge is 0.317 e. The van der Waals surface area contributed by atoms with Gasteiger partial charge in [0.05, 0.1) is 6.54 Å². The van der Waals surface area contributed by atoms with Crippen molar-refractivity contribution in [3.8, 4) is 0 Å². The standard InChI is InChI=1S/C12H21NO2/c1-10(2)8-11(3)6-5-7-13(4)9-12(14)15/h5-6,10H,3,7-9H2,1-2,4H3,(H,14,15)/b6-5+. The van der Waals surface area contributed by atoms with Crippen molar-refractivity contribution in [3.63, 3.8) is 0 Å². The van der Waals surface area contributed by atoms with Gasteiger partial charge in [0.2, 0.25) is 0 Å². The molecule has 0 aliphatic carbocycles. The fraction of sp³-hybridized carbons (Fsp3) is 0.583. The van der Waals surface area contributed by atoms with Crippen molar-refractivity contribution in [2.24, 2.45) is 5.92 Å². The first-order chi connectivity index (χ1) is 6.91. The second-order valence-corrected chi connectivity index (χ2v) is 4.25. The quantitative estimate of drug-likeness (QED) is 0.656. The molecule has 0 bridgehead atoms. The van der Waals surface area contributed by atoms with Crippen LogP contribution in [0.4, 0.5) is 0 Å². The zero-order valence-electron chi connectivity index (χ0n) is 9.86. The molecule has 86 valence electrons. The summed E-state index contributed by atoms with van der Waals surface area (Å²) in [6.07, 6.45) is 4.91. The van der Waals surface area contributed by atoms with Crippen molar-refractivity contribution in [2.75, 3.05) is 20.1 Å². The number of likely N-dealkylation sites (N-methyl/N-ethyl adjacent to an activating group) is 1. The van der Waals surface area contributed by atoms with Gasteiger partial charge in [0.15, 0.2) is 0 Å². The predicted molar refractivity (Wildman–Crippen MR) is 62.9 cm³/mol. The van der Waals surface area contributed by atoms with Crippen LogP contribution in [-0.2, 0) is 4.79 Å². The topological polar surface area (TPSA) is 40.5 Å². The number of nitrogens with zero attached hydrogens (tertiary/aromatic N) is 1. The lowest BCUT2D eigenvalue weighted by atomic mass is 10.0. The Hall–Kier alpha value is -1.09. The highest BCUT2D eigenvalue weighted by Crippen LogP contribution is 2.09. The van der Waals surface area contributed by atoms with Crippen LogP contribution in [0.25, 0.3) is 0 Å². The number of carbonyl (C=O) groups is 1. The van der Waals surface area contributed by atoms with Crippen LogP contribution < -0.4 is 0 Å². The lowest BCUT2D eigenvalue weighted by Crippen LogP contribution is -2.25. The van der Waals surface area contributed by atoms with Gasteiger partial charge in [-0.05, 0) is 19.4 Å². The molecule has 1 N–H and O–H groups in total. The molecule has 0 radical (unpaired) electrons. The zero-order valence-corrected chi connectivity index (χ0v) is 9.86. The highest BCUT2D eigenvalue weighted by atomic mass is 16.4. The van der Waals surface area contributed by atoms with Crippen molar-refractivity contribution in [1.82, 2.24) is 4.90 Å². The second-order valence-electron chi connectivity index (χ2n) is 4.25. The van der Waals surface area contributed by atoms with Crippen LogP contribution in [0.2, 0.25) is 0 Å². The second kappa shape index (κ2) is 7.23. The Morgan fingerprint density at radius 1 is 1.53 bits per heavy atom. The molecule has 0 amide bonds. The minimum atomic E-state index is -0.799. The van der Waals surface area contributed by atoms with Gasteiger partial charge >= 0.3 is 5.97 Å². The van der Waals surface area contributed by atoms with E-state index in [4.69, 9.17) is 5.11 Å². The Bertz CT molecular complexity index is 244. The Labute approximate surface area is 92.1 Å². The minimum absolute atomic E-state index is 0.0704. The average Bonchev–Trinajstić information content (AvgIpc) is 2.00. The Balaban J connectivity index is 3.78. The molecule has 0 aliphatic heterocycles. The van der Waals surface area contributed by atoms with E-state index in [0.29, 0.717) is 12.5 Å². The van der Waals surface area contributed by atoms with Gasteiger partial charge in [-0.1, -0.05) is 38.2 Å². The molecule has 0 saturated carbocycles. The van der Waals surface area contributed by atoms with Gasteiger partial charge in [-0.2, -0.15) is 0 Å². The van der Waals surface area contributed by atoms with Crippen LogP contribution in [0.5, 0.6) is 0 Å². The maximum atomic E-state index is 10.4. The van der Waals surface area contributed by atoms with Crippen molar-refractivity contribution in [2.45, 2.75) is 20.3 Å². The highest BCUT2D eigenvalue weighted by molar-refractivity contribution is 5.69. The van der Waals surface area contributed by atoms with E-state index >= 15 is 0 Å². The molecule has 0 aromatic heterocycles. The van der Waals surface area contributed by atoms with Gasteiger partial charge in [0, 0.05) is 6.54 Å². The summed E-state index contributed by atoms with van der Waals surface area (Å²) in [5.74, 6) is -0.189. The van der Waals surface area contributed by atoms with Gasteiger partial charge in [0.1, 0.15) is 0 Å². The van der Waals surface area contributed by atoms with Gasteiger partial charge in [0.25, 0.3) is 0 Å². The Morgan fingerprint density at radius 3 is 2.60 bits per heavy atom. The highest BCUT2D eigenvalue weighted by Gasteiger charge is 2.01. The molecule has 0 fully saturated rings. The van der Waals surface area contributed by atoms with E-state index in [1.54, 1.807) is 11.9 Å². The number of rotatable bonds is 7. The van der Waals surface area contributed by atoms with Crippen molar-refractivity contribution >= 4 is 5.97 Å². The third-order valence-electron chi connectivity index (χ3n) is 1.85. The molecule has 0 unspecified atom stereocenters. The van der Waals surface area contributed by atoms with Crippen molar-refractivity contribution < 1.29 is 9.90 Å². The third-order valence-corrected chi connectivity index (χ3v) is 1.85. The molecular formula is C12H21NO2. The average molecular weight is 211 g/mol. The molecule has 0 rings (SSSR count). The molecular weight excluding hydrogens is 190 g/mol. The summed E-state index contributed by atoms with van der Waals surface area (Å²) >= 11 is 0. The van der Waals surface area contributed by atoms with Gasteiger partial charge < -0.3 is 5.11 Å². The first-order valence-corrected chi connectivity index (χ1v) is 5.16. The Morgan fingerprint density at radius 2 is 2.13 bits per heavy atom. The number of carboxylic acids is 1. The molecule has 0 saturated heterocycles. The monoisotopic (exact) mass is 211 g/mol. The zero-order chi connectivity index (χ0) is 11.8. The first-order valence-electron chi connectivity index (χ1n) is 5.16. The van der Waals surface area contributed by atoms with Crippen LogP contribution in [0.1, 0.15) is 20.3 Å². The van der Waals surface area contributed by atoms with Crippen molar-refractivity contribution in [1.29, 1.82) is 0 Å². The molecule has 0 aromatic rings. The molecule has 0 aliphatic rings. The minimum Gasteiger partial charge on any atom is -0.480 e. The summed E-state index contributed by atoms with van der Waals surface area (Å²) in [6.45, 7) is 8.94. The van der Waals surface area contributed by atoms with Crippen LogP contribution in [0.3, 0.4) is 0 Å². The molecule has 0 aromatic carbocycles. The van der Waals surface area contributed by atoms with Crippen molar-refractivity contribution in [3.05, 3.63) is 24.3 Å². The summed E-state index contributed by atoms with van der Waals surface area (Å²) < 4.78 is 0. The number of allylic oxidation sites excluding steroid dienone is 2. The van der Waals surface area contributed by atoms with Crippen LogP contribution >= 0.6 is 0 Å². The van der Waals surface area contributed by atoms with E-state index in [2.05, 4.69) is 20.4 Å². The van der Waals surface area contributed by atoms with Crippen LogP contribution in [-0.4, -0.2) is 36.1 Å². The molecule has 0 spiro atoms. The van der Waals surface area contributed by atoms with Gasteiger partial charge in [-0.15, -0.1) is 0 Å². The number of hydrogen-bond acceptors (Lipinski definition) is 2. The summed E-state index contributed by atoms with van der Waals surface area (Å²) in [5.41, 5.74) is 1.09. The SMILES string of the molecule is C=C(/C=C/CN(C)CC(=O)O)CC(C)C. The summed E-state index contributed by atoms with van der Waals surface area (Å²) in [5, 5.41) is 8.53. The molecule has 15 heavy (non-hydrogen) atoms. The van der Waals surface area contributed by atoms with E-state index in [-0.39, 0.29) is 6.54 Å². The third kappa shape index (κ3) is 9.22. The molecule has 0 heterocycles. The maximum absolute atomic E-state index is 10.4. The van der Waals surface area contributed by atoms with Gasteiger partial charge in [-0.3, -0.25) is 9.69 Å². The Kier molecular flexibility index (Phi) is 6.71. The van der Waals surface area contributed by atoms with Crippen LogP contribution in [0.15, 0.2) is 24.3 Å². The summed E-state index contributed by atoms with van der Waals surface area (Å²) in [7, 11) is 1.78. The maximum Gasteiger partial charge on any atom is 0.317 e.